The average molecular weight is 998 g/mol. The lowest BCUT2D eigenvalue weighted by atomic mass is 10.1. The van der Waals surface area contributed by atoms with Crippen molar-refractivity contribution in [2.75, 3.05) is 13.2 Å². The zero-order valence-corrected chi connectivity index (χ0v) is 46.7. The molecule has 6 heteroatoms. The summed E-state index contributed by atoms with van der Waals surface area (Å²) < 4.78 is 16.8. The van der Waals surface area contributed by atoms with Crippen molar-refractivity contribution in [2.24, 2.45) is 0 Å². The number of carbonyl (C=O) groups is 3. The lowest BCUT2D eigenvalue weighted by Crippen LogP contribution is -2.30. The number of hydrogen-bond acceptors (Lipinski definition) is 6. The van der Waals surface area contributed by atoms with E-state index < -0.39 is 6.10 Å². The fraction of sp³-hybridized carbons (Fsp3) is 0.652. The van der Waals surface area contributed by atoms with Crippen LogP contribution in [-0.2, 0) is 28.6 Å². The molecule has 0 spiro atoms. The van der Waals surface area contributed by atoms with Crippen molar-refractivity contribution in [3.63, 3.8) is 0 Å². The Hall–Kier alpha value is -4.19. The maximum Gasteiger partial charge on any atom is 0.306 e. The van der Waals surface area contributed by atoms with Gasteiger partial charge in [0.2, 0.25) is 0 Å². The van der Waals surface area contributed by atoms with Gasteiger partial charge in [-0.25, -0.2) is 0 Å². The fourth-order valence-electron chi connectivity index (χ4n) is 7.73. The SMILES string of the molecule is CC/C=C\C/C=C\C/C=C\C/C=C\C/C=C\C/C=C\C/C=C\C/C=C\CCCCCCCCC(=O)OCC(COC(=O)CCCCCCC/C=C\CCCC)OC(=O)CCCCCCC/C=C\CCCCC. The highest BCUT2D eigenvalue weighted by Crippen LogP contribution is 2.14. The van der Waals surface area contributed by atoms with Crippen molar-refractivity contribution in [2.45, 2.75) is 264 Å². The van der Waals surface area contributed by atoms with Gasteiger partial charge in [-0.05, 0) is 128 Å². The van der Waals surface area contributed by atoms with Gasteiger partial charge >= 0.3 is 17.9 Å². The molecule has 1 unspecified atom stereocenters. The number of rotatable bonds is 52. The summed E-state index contributed by atoms with van der Waals surface area (Å²) in [5.74, 6) is -0.929. The Kier molecular flexibility index (Phi) is 55.9. The summed E-state index contributed by atoms with van der Waals surface area (Å²) in [7, 11) is 0. The second-order valence-corrected chi connectivity index (χ2v) is 19.2. The van der Waals surface area contributed by atoms with Gasteiger partial charge in [-0.3, -0.25) is 14.4 Å². The Balaban J connectivity index is 4.26. The van der Waals surface area contributed by atoms with Gasteiger partial charge in [-0.1, -0.05) is 232 Å². The van der Waals surface area contributed by atoms with E-state index in [1.165, 1.54) is 70.6 Å². The van der Waals surface area contributed by atoms with E-state index >= 15 is 0 Å². The molecule has 0 N–H and O–H groups in total. The molecule has 0 aromatic carbocycles. The highest BCUT2D eigenvalue weighted by Gasteiger charge is 2.19. The van der Waals surface area contributed by atoms with Gasteiger partial charge in [0.1, 0.15) is 13.2 Å². The maximum atomic E-state index is 12.8. The van der Waals surface area contributed by atoms with Crippen LogP contribution in [0.4, 0.5) is 0 Å². The Morgan fingerprint density at radius 3 is 0.903 bits per heavy atom. The van der Waals surface area contributed by atoms with Gasteiger partial charge < -0.3 is 14.2 Å². The normalized spacial score (nSPS) is 13.0. The smallest absolute Gasteiger partial charge is 0.306 e. The van der Waals surface area contributed by atoms with Crippen molar-refractivity contribution in [3.8, 4) is 0 Å². The average Bonchev–Trinajstić information content (AvgIpc) is 3.38. The fourth-order valence-corrected chi connectivity index (χ4v) is 7.73. The predicted molar refractivity (Wildman–Crippen MR) is 311 cm³/mol. The van der Waals surface area contributed by atoms with Crippen molar-refractivity contribution >= 4 is 17.9 Å². The molecule has 72 heavy (non-hydrogen) atoms. The summed E-state index contributed by atoms with van der Waals surface area (Å²) in [5.41, 5.74) is 0. The zero-order chi connectivity index (χ0) is 52.2. The van der Waals surface area contributed by atoms with Crippen molar-refractivity contribution in [1.82, 2.24) is 0 Å². The third-order valence-electron chi connectivity index (χ3n) is 12.2. The molecule has 0 aliphatic heterocycles. The molecule has 0 aliphatic rings. The molecular weight excluding hydrogens is 889 g/mol. The van der Waals surface area contributed by atoms with Crippen LogP contribution in [-0.4, -0.2) is 37.2 Å². The highest BCUT2D eigenvalue weighted by molar-refractivity contribution is 5.71. The van der Waals surface area contributed by atoms with Gasteiger partial charge in [0.25, 0.3) is 0 Å². The largest absolute Gasteiger partial charge is 0.462 e. The molecule has 0 saturated heterocycles. The topological polar surface area (TPSA) is 78.9 Å². The summed E-state index contributed by atoms with van der Waals surface area (Å²) in [5, 5.41) is 0. The molecular formula is C66H108O6. The minimum Gasteiger partial charge on any atom is -0.462 e. The number of unbranched alkanes of at least 4 members (excludes halogenated alkanes) is 21. The predicted octanol–water partition coefficient (Wildman–Crippen LogP) is 20.0. The van der Waals surface area contributed by atoms with Crippen molar-refractivity contribution < 1.29 is 28.6 Å². The molecule has 0 rings (SSSR count). The van der Waals surface area contributed by atoms with Gasteiger partial charge in [0.05, 0.1) is 0 Å². The standard InChI is InChI=1S/C66H108O6/c1-4-7-10-13-16-19-22-24-25-26-27-28-29-30-31-32-33-34-35-36-37-38-39-40-41-42-45-47-50-53-56-59-65(68)71-62-63(61-70-64(67)58-55-52-49-46-43-21-18-15-12-9-6-3)72-66(69)60-57-54-51-48-44-23-20-17-14-11-8-5-2/h7,10,15-20,24-25,27-28,30-31,33-34,36-37,39-40,63H,4-6,8-9,11-14,21-23,26,29,32,35,38,41-62H2,1-3H3/b10-7-,18-15-,19-16-,20-17-,25-24-,28-27-,31-30-,34-33-,37-36-,40-39-. The molecule has 0 radical (unpaired) electrons. The first kappa shape index (κ1) is 67.8. The van der Waals surface area contributed by atoms with Gasteiger partial charge in [-0.2, -0.15) is 0 Å². The maximum absolute atomic E-state index is 12.8. The molecule has 6 nitrogen and oxygen atoms in total. The second-order valence-electron chi connectivity index (χ2n) is 19.2. The quantitative estimate of drug-likeness (QED) is 0.0261. The summed E-state index contributed by atoms with van der Waals surface area (Å²) in [6.07, 6.45) is 82.0. The molecule has 0 aliphatic carbocycles. The van der Waals surface area contributed by atoms with Crippen LogP contribution in [0.5, 0.6) is 0 Å². The first-order valence-electron chi connectivity index (χ1n) is 29.5. The summed E-state index contributed by atoms with van der Waals surface area (Å²) in [6, 6.07) is 0. The van der Waals surface area contributed by atoms with E-state index in [0.29, 0.717) is 19.3 Å². The molecule has 0 aromatic rings. The molecule has 0 fully saturated rings. The molecule has 0 bridgehead atoms. The lowest BCUT2D eigenvalue weighted by Gasteiger charge is -2.18. The first-order chi connectivity index (χ1) is 35.5. The monoisotopic (exact) mass is 997 g/mol. The van der Waals surface area contributed by atoms with Crippen LogP contribution in [0.15, 0.2) is 122 Å². The van der Waals surface area contributed by atoms with Crippen LogP contribution in [0.2, 0.25) is 0 Å². The summed E-state index contributed by atoms with van der Waals surface area (Å²) in [4.78, 5) is 38.0. The van der Waals surface area contributed by atoms with Crippen LogP contribution >= 0.6 is 0 Å². The third-order valence-corrected chi connectivity index (χ3v) is 12.2. The van der Waals surface area contributed by atoms with Crippen LogP contribution in [0.25, 0.3) is 0 Å². The number of hydrogen-bond donors (Lipinski definition) is 0. The Bertz CT molecular complexity index is 1520. The van der Waals surface area contributed by atoms with Gasteiger partial charge in [-0.15, -0.1) is 0 Å². The third kappa shape index (κ3) is 56.7. The van der Waals surface area contributed by atoms with Gasteiger partial charge in [0, 0.05) is 19.3 Å². The number of allylic oxidation sites excluding steroid dienone is 20. The van der Waals surface area contributed by atoms with Crippen LogP contribution in [0.3, 0.4) is 0 Å². The highest BCUT2D eigenvalue weighted by atomic mass is 16.6. The molecule has 0 saturated carbocycles. The molecule has 0 heterocycles. The molecule has 0 amide bonds. The summed E-state index contributed by atoms with van der Waals surface area (Å²) >= 11 is 0. The summed E-state index contributed by atoms with van der Waals surface area (Å²) in [6.45, 7) is 6.43. The zero-order valence-electron chi connectivity index (χ0n) is 46.7. The van der Waals surface area contributed by atoms with Crippen molar-refractivity contribution in [3.05, 3.63) is 122 Å². The molecule has 408 valence electrons. The van der Waals surface area contributed by atoms with E-state index in [4.69, 9.17) is 14.2 Å². The van der Waals surface area contributed by atoms with E-state index in [2.05, 4.69) is 142 Å². The van der Waals surface area contributed by atoms with Gasteiger partial charge in [0.15, 0.2) is 6.10 Å². The van der Waals surface area contributed by atoms with Crippen LogP contribution in [0, 0.1) is 0 Å². The number of ether oxygens (including phenoxy) is 3. The number of esters is 3. The van der Waals surface area contributed by atoms with E-state index in [1.807, 2.05) is 0 Å². The van der Waals surface area contributed by atoms with E-state index in [0.717, 1.165) is 148 Å². The number of carbonyl (C=O) groups excluding carboxylic acids is 3. The Morgan fingerprint density at radius 2 is 0.556 bits per heavy atom. The molecule has 1 atom stereocenters. The first-order valence-corrected chi connectivity index (χ1v) is 29.5. The molecule has 0 aromatic heterocycles. The lowest BCUT2D eigenvalue weighted by molar-refractivity contribution is -0.167. The second kappa shape index (κ2) is 59.4. The van der Waals surface area contributed by atoms with E-state index in [-0.39, 0.29) is 31.1 Å². The van der Waals surface area contributed by atoms with Crippen LogP contribution in [0.1, 0.15) is 258 Å². The Labute approximate surface area is 443 Å². The van der Waals surface area contributed by atoms with E-state index in [1.54, 1.807) is 0 Å². The van der Waals surface area contributed by atoms with Crippen LogP contribution < -0.4 is 0 Å². The minimum absolute atomic E-state index is 0.0921. The minimum atomic E-state index is -0.793. The Morgan fingerprint density at radius 1 is 0.292 bits per heavy atom. The van der Waals surface area contributed by atoms with E-state index in [9.17, 15) is 14.4 Å². The van der Waals surface area contributed by atoms with Crippen molar-refractivity contribution in [1.29, 1.82) is 0 Å².